The first kappa shape index (κ1) is 74.3. The van der Waals surface area contributed by atoms with Gasteiger partial charge in [-0.05, 0) is 122 Å². The number of hydrogen-bond donors (Lipinski definition) is 0. The number of esters is 3. The zero-order valence-electron chi connectivity index (χ0n) is 51.1. The van der Waals surface area contributed by atoms with Gasteiger partial charge in [0.25, 0.3) is 0 Å². The van der Waals surface area contributed by atoms with E-state index in [9.17, 15) is 14.4 Å². The highest BCUT2D eigenvalue weighted by atomic mass is 16.6. The SMILES string of the molecule is CC/C=C\C/C=C\C/C=C\C/C=C\C/C=C\C/C=C\C/C=C\C/C=C\CCCCCCCCCCCCC(=O)OCC(COC(=O)CCCCCCC)OC(=O)CCCCCCCCCC/C=C\C/C=C\C/C=C\C/C=C\CC. The van der Waals surface area contributed by atoms with Crippen LogP contribution in [-0.4, -0.2) is 37.2 Å². The molecule has 79 heavy (non-hydrogen) atoms. The van der Waals surface area contributed by atoms with Crippen molar-refractivity contribution >= 4 is 17.9 Å². The van der Waals surface area contributed by atoms with E-state index < -0.39 is 6.10 Å². The van der Waals surface area contributed by atoms with Gasteiger partial charge in [0.2, 0.25) is 0 Å². The molecule has 0 radical (unpaired) electrons. The average molecular weight is 1090 g/mol. The van der Waals surface area contributed by atoms with E-state index in [4.69, 9.17) is 14.2 Å². The second-order valence-electron chi connectivity index (χ2n) is 20.9. The molecule has 0 aromatic rings. The third kappa shape index (κ3) is 64.0. The average Bonchev–Trinajstić information content (AvgIpc) is 3.45. The van der Waals surface area contributed by atoms with Crippen molar-refractivity contribution in [3.63, 3.8) is 0 Å². The Morgan fingerprint density at radius 2 is 0.494 bits per heavy atom. The van der Waals surface area contributed by atoms with Crippen molar-refractivity contribution in [1.82, 2.24) is 0 Å². The van der Waals surface area contributed by atoms with E-state index in [0.29, 0.717) is 19.3 Å². The molecule has 1 unspecified atom stereocenters. The van der Waals surface area contributed by atoms with Crippen molar-refractivity contribution in [3.8, 4) is 0 Å². The number of carbonyl (C=O) groups is 3. The molecule has 1 atom stereocenters. The molecule has 0 aromatic carbocycles. The zero-order valence-corrected chi connectivity index (χ0v) is 51.1. The summed E-state index contributed by atoms with van der Waals surface area (Å²) in [5, 5.41) is 0. The van der Waals surface area contributed by atoms with E-state index in [1.807, 2.05) is 0 Å². The van der Waals surface area contributed by atoms with Crippen molar-refractivity contribution in [2.75, 3.05) is 13.2 Å². The Morgan fingerprint density at radius 3 is 0.772 bits per heavy atom. The zero-order chi connectivity index (χ0) is 57.1. The highest BCUT2D eigenvalue weighted by molar-refractivity contribution is 5.71. The van der Waals surface area contributed by atoms with Gasteiger partial charge in [-0.3, -0.25) is 14.4 Å². The molecule has 6 heteroatoms. The lowest BCUT2D eigenvalue weighted by atomic mass is 10.1. The third-order valence-corrected chi connectivity index (χ3v) is 13.3. The van der Waals surface area contributed by atoms with Crippen LogP contribution < -0.4 is 0 Å². The molecule has 0 saturated heterocycles. The standard InChI is InChI=1S/C73H118O6/c1-4-7-10-13-15-17-19-21-23-25-27-29-30-31-32-33-34-35-36-37-38-39-40-41-42-44-45-47-49-51-53-55-57-60-63-66-72(75)78-69-70(68-77-71(74)65-62-59-12-9-6-3)79-73(76)67-64-61-58-56-54-52-50-48-46-43-28-26-24-22-20-18-16-14-11-8-5-2/h7-8,10-11,15-18,21-24,27-29,31-32,34-35,37-38,40-41,43,70H,4-6,9,12-14,19-20,25-26,30,33,36,39,42,44-69H2,1-3H3/b10-7-,11-8-,17-15-,18-16-,23-21-,24-22-,29-27-,32-31-,35-34-,38-37-,41-40-,43-28-. The Bertz CT molecular complexity index is 1730. The lowest BCUT2D eigenvalue weighted by Crippen LogP contribution is -2.30. The number of allylic oxidation sites excluding steroid dienone is 24. The maximum absolute atomic E-state index is 12.8. The molecule has 446 valence electrons. The number of rotatable bonds is 57. The minimum Gasteiger partial charge on any atom is -0.462 e. The summed E-state index contributed by atoms with van der Waals surface area (Å²) in [6.07, 6.45) is 94.7. The van der Waals surface area contributed by atoms with E-state index in [1.165, 1.54) is 83.5 Å². The lowest BCUT2D eigenvalue weighted by Gasteiger charge is -2.18. The molecule has 0 rings (SSSR count). The fraction of sp³-hybridized carbons (Fsp3) is 0.630. The van der Waals surface area contributed by atoms with Crippen LogP contribution in [-0.2, 0) is 28.6 Å². The van der Waals surface area contributed by atoms with Crippen LogP contribution in [0.15, 0.2) is 146 Å². The summed E-state index contributed by atoms with van der Waals surface area (Å²) in [6, 6.07) is 0. The predicted octanol–water partition coefficient (Wildman–Crippen LogP) is 22.3. The van der Waals surface area contributed by atoms with Gasteiger partial charge in [-0.2, -0.15) is 0 Å². The van der Waals surface area contributed by atoms with E-state index >= 15 is 0 Å². The number of unbranched alkanes of at least 4 members (excludes halogenated alkanes) is 22. The first-order valence-corrected chi connectivity index (χ1v) is 32.3. The molecular weight excluding hydrogens is 973 g/mol. The van der Waals surface area contributed by atoms with Crippen molar-refractivity contribution < 1.29 is 28.6 Å². The summed E-state index contributed by atoms with van der Waals surface area (Å²) >= 11 is 0. The molecule has 6 nitrogen and oxygen atoms in total. The largest absolute Gasteiger partial charge is 0.462 e. The van der Waals surface area contributed by atoms with Gasteiger partial charge < -0.3 is 14.2 Å². The van der Waals surface area contributed by atoms with Gasteiger partial charge in [0, 0.05) is 19.3 Å². The summed E-state index contributed by atoms with van der Waals surface area (Å²) < 4.78 is 16.8. The van der Waals surface area contributed by atoms with Crippen LogP contribution in [0.1, 0.15) is 278 Å². The second-order valence-corrected chi connectivity index (χ2v) is 20.9. The van der Waals surface area contributed by atoms with Crippen molar-refractivity contribution in [2.24, 2.45) is 0 Å². The molecular formula is C73H118O6. The number of carbonyl (C=O) groups excluding carboxylic acids is 3. The molecule has 0 heterocycles. The monoisotopic (exact) mass is 1090 g/mol. The summed E-state index contributed by atoms with van der Waals surface area (Å²) in [6.45, 7) is 6.32. The Hall–Kier alpha value is -4.71. The molecule has 0 amide bonds. The summed E-state index contributed by atoms with van der Waals surface area (Å²) in [4.78, 5) is 37.9. The Morgan fingerprint density at radius 1 is 0.266 bits per heavy atom. The van der Waals surface area contributed by atoms with Crippen LogP contribution in [0.25, 0.3) is 0 Å². The minimum atomic E-state index is -0.786. The summed E-state index contributed by atoms with van der Waals surface area (Å²) in [5.41, 5.74) is 0. The van der Waals surface area contributed by atoms with Gasteiger partial charge in [0.15, 0.2) is 6.10 Å². The van der Waals surface area contributed by atoms with Gasteiger partial charge in [0.1, 0.15) is 13.2 Å². The fourth-order valence-corrected chi connectivity index (χ4v) is 8.57. The number of hydrogen-bond acceptors (Lipinski definition) is 6. The molecule has 0 spiro atoms. The maximum Gasteiger partial charge on any atom is 0.306 e. The highest BCUT2D eigenvalue weighted by Crippen LogP contribution is 2.15. The molecule has 0 aliphatic heterocycles. The summed E-state index contributed by atoms with van der Waals surface area (Å²) in [5.74, 6) is -0.913. The molecule has 0 aliphatic carbocycles. The fourth-order valence-electron chi connectivity index (χ4n) is 8.57. The maximum atomic E-state index is 12.8. The first-order chi connectivity index (χ1) is 39.0. The Labute approximate surface area is 487 Å². The van der Waals surface area contributed by atoms with Crippen LogP contribution >= 0.6 is 0 Å². The molecule has 0 saturated carbocycles. The van der Waals surface area contributed by atoms with Crippen molar-refractivity contribution in [3.05, 3.63) is 146 Å². The van der Waals surface area contributed by atoms with Gasteiger partial charge in [-0.25, -0.2) is 0 Å². The topological polar surface area (TPSA) is 78.9 Å². The predicted molar refractivity (Wildman–Crippen MR) is 343 cm³/mol. The number of ether oxygens (including phenoxy) is 3. The van der Waals surface area contributed by atoms with Crippen molar-refractivity contribution in [1.29, 1.82) is 0 Å². The quantitative estimate of drug-likeness (QED) is 0.0261. The van der Waals surface area contributed by atoms with Crippen LogP contribution in [0.2, 0.25) is 0 Å². The van der Waals surface area contributed by atoms with Crippen LogP contribution in [0.3, 0.4) is 0 Å². The van der Waals surface area contributed by atoms with E-state index in [1.54, 1.807) is 0 Å². The molecule has 0 fully saturated rings. The Kier molecular flexibility index (Phi) is 61.9. The molecule has 0 aromatic heterocycles. The van der Waals surface area contributed by atoms with E-state index in [2.05, 4.69) is 167 Å². The Balaban J connectivity index is 4.06. The van der Waals surface area contributed by atoms with Gasteiger partial charge in [-0.1, -0.05) is 282 Å². The van der Waals surface area contributed by atoms with Crippen molar-refractivity contribution in [2.45, 2.75) is 284 Å². The second kappa shape index (κ2) is 65.8. The molecule has 0 N–H and O–H groups in total. The van der Waals surface area contributed by atoms with E-state index in [0.717, 1.165) is 154 Å². The minimum absolute atomic E-state index is 0.0860. The third-order valence-electron chi connectivity index (χ3n) is 13.3. The molecule has 0 aliphatic rings. The normalized spacial score (nSPS) is 13.1. The lowest BCUT2D eigenvalue weighted by molar-refractivity contribution is -0.167. The van der Waals surface area contributed by atoms with Gasteiger partial charge >= 0.3 is 17.9 Å². The van der Waals surface area contributed by atoms with Crippen LogP contribution in [0, 0.1) is 0 Å². The molecule has 0 bridgehead atoms. The van der Waals surface area contributed by atoms with Crippen LogP contribution in [0.5, 0.6) is 0 Å². The van der Waals surface area contributed by atoms with Crippen LogP contribution in [0.4, 0.5) is 0 Å². The van der Waals surface area contributed by atoms with Gasteiger partial charge in [-0.15, -0.1) is 0 Å². The summed E-state index contributed by atoms with van der Waals surface area (Å²) in [7, 11) is 0. The first-order valence-electron chi connectivity index (χ1n) is 32.3. The smallest absolute Gasteiger partial charge is 0.306 e. The highest BCUT2D eigenvalue weighted by Gasteiger charge is 2.19. The van der Waals surface area contributed by atoms with E-state index in [-0.39, 0.29) is 31.1 Å². The van der Waals surface area contributed by atoms with Gasteiger partial charge in [0.05, 0.1) is 0 Å².